The van der Waals surface area contributed by atoms with Gasteiger partial charge in [0.1, 0.15) is 5.82 Å². The fourth-order valence-corrected chi connectivity index (χ4v) is 2.99. The Morgan fingerprint density at radius 1 is 1.31 bits per heavy atom. The molecule has 1 aliphatic heterocycles. The van der Waals surface area contributed by atoms with Crippen molar-refractivity contribution < 1.29 is 0 Å². The number of nitrogen functional groups attached to an aromatic ring is 1. The van der Waals surface area contributed by atoms with Crippen LogP contribution in [-0.4, -0.2) is 34.1 Å². The Morgan fingerprint density at radius 2 is 2.12 bits per heavy atom. The molecule has 2 fully saturated rings. The van der Waals surface area contributed by atoms with E-state index in [9.17, 15) is 0 Å². The highest BCUT2D eigenvalue weighted by atomic mass is 15.2. The van der Waals surface area contributed by atoms with Crippen molar-refractivity contribution >= 4 is 5.82 Å². The van der Waals surface area contributed by atoms with Crippen molar-refractivity contribution in [2.45, 2.75) is 31.7 Å². The van der Waals surface area contributed by atoms with Gasteiger partial charge in [0.25, 0.3) is 0 Å². The van der Waals surface area contributed by atoms with Crippen LogP contribution in [0.25, 0.3) is 0 Å². The van der Waals surface area contributed by atoms with E-state index in [-0.39, 0.29) is 0 Å². The maximum atomic E-state index is 5.66. The minimum absolute atomic E-state index is 0.644. The van der Waals surface area contributed by atoms with Crippen molar-refractivity contribution in [2.75, 3.05) is 25.4 Å². The van der Waals surface area contributed by atoms with Crippen LogP contribution in [0.1, 0.15) is 31.7 Å². The molecule has 3 rings (SSSR count). The first-order valence-corrected chi connectivity index (χ1v) is 6.34. The Balaban J connectivity index is 1.60. The summed E-state index contributed by atoms with van der Waals surface area (Å²) in [6.45, 7) is 3.87. The standard InChI is InChI=1S/C12H20N4/c13-12-8-16(9-14-12)11-4-3-10(11)7-15-5-1-2-6-15/h8-11H,1-7,13H2. The lowest BCUT2D eigenvalue weighted by atomic mass is 9.79. The zero-order valence-electron chi connectivity index (χ0n) is 9.68. The first-order valence-electron chi connectivity index (χ1n) is 6.34. The minimum atomic E-state index is 0.644. The zero-order chi connectivity index (χ0) is 11.0. The predicted molar refractivity (Wildman–Crippen MR) is 64.1 cm³/mol. The molecular weight excluding hydrogens is 200 g/mol. The molecule has 4 nitrogen and oxygen atoms in total. The number of nitrogens with two attached hydrogens (primary N) is 1. The van der Waals surface area contributed by atoms with Crippen molar-refractivity contribution in [3.05, 3.63) is 12.5 Å². The molecule has 2 N–H and O–H groups in total. The molecule has 0 spiro atoms. The molecule has 1 aromatic heterocycles. The SMILES string of the molecule is Nc1cn(C2CCC2CN2CCCC2)cn1. The van der Waals surface area contributed by atoms with Crippen molar-refractivity contribution in [1.29, 1.82) is 0 Å². The molecular formula is C12H20N4. The van der Waals surface area contributed by atoms with Gasteiger partial charge in [-0.05, 0) is 44.7 Å². The summed E-state index contributed by atoms with van der Waals surface area (Å²) in [5, 5.41) is 0. The zero-order valence-corrected chi connectivity index (χ0v) is 9.68. The third-order valence-electron chi connectivity index (χ3n) is 4.07. The summed E-state index contributed by atoms with van der Waals surface area (Å²) in [5.41, 5.74) is 5.66. The van der Waals surface area contributed by atoms with Crippen molar-refractivity contribution in [3.8, 4) is 0 Å². The van der Waals surface area contributed by atoms with Crippen molar-refractivity contribution in [1.82, 2.24) is 14.5 Å². The Morgan fingerprint density at radius 3 is 2.69 bits per heavy atom. The topological polar surface area (TPSA) is 47.1 Å². The Kier molecular flexibility index (Phi) is 2.59. The second-order valence-corrected chi connectivity index (χ2v) is 5.16. The second-order valence-electron chi connectivity index (χ2n) is 5.16. The van der Waals surface area contributed by atoms with Gasteiger partial charge < -0.3 is 15.2 Å². The molecule has 16 heavy (non-hydrogen) atoms. The summed E-state index contributed by atoms with van der Waals surface area (Å²) in [4.78, 5) is 6.72. The van der Waals surface area contributed by atoms with Crippen LogP contribution < -0.4 is 5.73 Å². The quantitative estimate of drug-likeness (QED) is 0.840. The molecule has 0 amide bonds. The lowest BCUT2D eigenvalue weighted by molar-refractivity contribution is 0.128. The van der Waals surface area contributed by atoms with Crippen LogP contribution in [0.15, 0.2) is 12.5 Å². The van der Waals surface area contributed by atoms with Gasteiger partial charge in [-0.3, -0.25) is 0 Å². The maximum absolute atomic E-state index is 5.66. The number of hydrogen-bond acceptors (Lipinski definition) is 3. The van der Waals surface area contributed by atoms with E-state index in [2.05, 4.69) is 14.5 Å². The van der Waals surface area contributed by atoms with Gasteiger partial charge in [-0.2, -0.15) is 0 Å². The summed E-state index contributed by atoms with van der Waals surface area (Å²) < 4.78 is 2.21. The fraction of sp³-hybridized carbons (Fsp3) is 0.750. The van der Waals surface area contributed by atoms with Gasteiger partial charge in [0.05, 0.1) is 6.33 Å². The van der Waals surface area contributed by atoms with E-state index in [1.807, 2.05) is 12.5 Å². The molecule has 2 atom stereocenters. The molecule has 4 heteroatoms. The summed E-state index contributed by atoms with van der Waals surface area (Å²) in [7, 11) is 0. The van der Waals surface area contributed by atoms with E-state index in [0.717, 1.165) is 5.92 Å². The number of rotatable bonds is 3. The fourth-order valence-electron chi connectivity index (χ4n) is 2.99. The number of likely N-dealkylation sites (tertiary alicyclic amines) is 1. The third-order valence-corrected chi connectivity index (χ3v) is 4.07. The van der Waals surface area contributed by atoms with E-state index in [4.69, 9.17) is 5.73 Å². The van der Waals surface area contributed by atoms with Gasteiger partial charge in [-0.15, -0.1) is 0 Å². The second kappa shape index (κ2) is 4.09. The molecule has 1 aliphatic carbocycles. The third kappa shape index (κ3) is 1.82. The average Bonchev–Trinajstić information content (AvgIpc) is 2.85. The molecule has 0 bridgehead atoms. The largest absolute Gasteiger partial charge is 0.382 e. The highest BCUT2D eigenvalue weighted by Crippen LogP contribution is 2.39. The molecule has 2 aliphatic rings. The molecule has 0 aromatic carbocycles. The summed E-state index contributed by atoms with van der Waals surface area (Å²) in [6.07, 6.45) is 9.27. The van der Waals surface area contributed by atoms with Crippen LogP contribution in [0.3, 0.4) is 0 Å². The van der Waals surface area contributed by atoms with Gasteiger partial charge in [-0.1, -0.05) is 0 Å². The smallest absolute Gasteiger partial charge is 0.141 e. The lowest BCUT2D eigenvalue weighted by Crippen LogP contribution is -2.37. The van der Waals surface area contributed by atoms with Crippen LogP contribution in [0.5, 0.6) is 0 Å². The van der Waals surface area contributed by atoms with Crippen molar-refractivity contribution in [2.24, 2.45) is 5.92 Å². The number of nitrogens with zero attached hydrogens (tertiary/aromatic N) is 3. The highest BCUT2D eigenvalue weighted by molar-refractivity contribution is 5.23. The van der Waals surface area contributed by atoms with Gasteiger partial charge in [-0.25, -0.2) is 4.98 Å². The molecule has 2 unspecified atom stereocenters. The highest BCUT2D eigenvalue weighted by Gasteiger charge is 2.33. The van der Waals surface area contributed by atoms with E-state index in [1.165, 1.54) is 45.3 Å². The minimum Gasteiger partial charge on any atom is -0.382 e. The Labute approximate surface area is 96.4 Å². The van der Waals surface area contributed by atoms with Crippen molar-refractivity contribution in [3.63, 3.8) is 0 Å². The number of anilines is 1. The summed E-state index contributed by atoms with van der Waals surface area (Å²) in [5.74, 6) is 1.46. The van der Waals surface area contributed by atoms with E-state index in [0.29, 0.717) is 11.9 Å². The number of aromatic nitrogens is 2. The van der Waals surface area contributed by atoms with E-state index < -0.39 is 0 Å². The van der Waals surface area contributed by atoms with Crippen LogP contribution in [0.2, 0.25) is 0 Å². The van der Waals surface area contributed by atoms with Gasteiger partial charge in [0.2, 0.25) is 0 Å². The van der Waals surface area contributed by atoms with E-state index >= 15 is 0 Å². The van der Waals surface area contributed by atoms with Crippen LogP contribution in [0.4, 0.5) is 5.82 Å². The van der Waals surface area contributed by atoms with Gasteiger partial charge >= 0.3 is 0 Å². The molecule has 2 heterocycles. The van der Waals surface area contributed by atoms with Crippen LogP contribution in [-0.2, 0) is 0 Å². The first-order chi connectivity index (χ1) is 7.83. The monoisotopic (exact) mass is 220 g/mol. The Bertz CT molecular complexity index is 354. The average molecular weight is 220 g/mol. The lowest BCUT2D eigenvalue weighted by Gasteiger charge is -2.39. The molecule has 88 valence electrons. The van der Waals surface area contributed by atoms with Gasteiger partial charge in [0.15, 0.2) is 0 Å². The normalized spacial score (nSPS) is 30.5. The van der Waals surface area contributed by atoms with Gasteiger partial charge in [0, 0.05) is 18.8 Å². The maximum Gasteiger partial charge on any atom is 0.141 e. The predicted octanol–water partition coefficient (Wildman–Crippen LogP) is 1.51. The first kappa shape index (κ1) is 10.1. The number of imidazole rings is 1. The molecule has 1 saturated heterocycles. The summed E-state index contributed by atoms with van der Waals surface area (Å²) >= 11 is 0. The summed E-state index contributed by atoms with van der Waals surface area (Å²) in [6, 6.07) is 0.644. The van der Waals surface area contributed by atoms with Crippen LogP contribution in [0, 0.1) is 5.92 Å². The Hall–Kier alpha value is -1.03. The van der Waals surface area contributed by atoms with Crippen LogP contribution >= 0.6 is 0 Å². The number of hydrogen-bond donors (Lipinski definition) is 1. The molecule has 1 saturated carbocycles. The molecule has 1 aromatic rings. The molecule has 0 radical (unpaired) electrons. The van der Waals surface area contributed by atoms with E-state index in [1.54, 1.807) is 0 Å².